The molecule has 0 N–H and O–H groups in total. The van der Waals surface area contributed by atoms with E-state index >= 15 is 0 Å². The van der Waals surface area contributed by atoms with E-state index in [1.807, 2.05) is 6.92 Å². The molecule has 1 aliphatic heterocycles. The van der Waals surface area contributed by atoms with E-state index in [1.165, 1.54) is 0 Å². The molecule has 0 fully saturated rings. The summed E-state index contributed by atoms with van der Waals surface area (Å²) in [6, 6.07) is 0. The summed E-state index contributed by atoms with van der Waals surface area (Å²) in [5.74, 6) is 0.448. The van der Waals surface area contributed by atoms with Gasteiger partial charge in [0, 0.05) is 38.9 Å². The number of allylic oxidation sites excluding steroid dienone is 1. The van der Waals surface area contributed by atoms with Crippen LogP contribution in [0.4, 0.5) is 0 Å². The van der Waals surface area contributed by atoms with Crippen LogP contribution in [0.1, 0.15) is 40.0 Å². The van der Waals surface area contributed by atoms with E-state index < -0.39 is 5.79 Å². The molecule has 2 rings (SSSR count). The third-order valence-corrected chi connectivity index (χ3v) is 3.22. The van der Waals surface area contributed by atoms with E-state index in [2.05, 4.69) is 13.8 Å². The van der Waals surface area contributed by atoms with E-state index in [-0.39, 0.29) is 11.2 Å². The number of carbonyl (C=O) groups is 1. The molecule has 1 heterocycles. The summed E-state index contributed by atoms with van der Waals surface area (Å²) in [6.45, 7) is 6.08. The summed E-state index contributed by atoms with van der Waals surface area (Å²) < 4.78 is 11.0. The van der Waals surface area contributed by atoms with Crippen LogP contribution in [0.15, 0.2) is 11.3 Å². The van der Waals surface area contributed by atoms with Crippen molar-refractivity contribution < 1.29 is 14.3 Å². The van der Waals surface area contributed by atoms with Crippen molar-refractivity contribution in [3.63, 3.8) is 0 Å². The molecule has 0 amide bonds. The highest BCUT2D eigenvalue weighted by atomic mass is 16.7. The summed E-state index contributed by atoms with van der Waals surface area (Å²) >= 11 is 0. The van der Waals surface area contributed by atoms with Crippen LogP contribution in [-0.4, -0.2) is 18.7 Å². The second kappa shape index (κ2) is 3.08. The molecule has 1 atom stereocenters. The van der Waals surface area contributed by atoms with Gasteiger partial charge in [-0.05, 0) is 5.41 Å². The molecule has 0 radical (unpaired) electrons. The van der Waals surface area contributed by atoms with Gasteiger partial charge in [0.15, 0.2) is 5.78 Å². The van der Waals surface area contributed by atoms with Gasteiger partial charge in [-0.2, -0.15) is 0 Å². The van der Waals surface area contributed by atoms with Crippen molar-refractivity contribution in [3.8, 4) is 0 Å². The molecule has 0 aromatic heterocycles. The fraction of sp³-hybridized carbons (Fsp3) is 0.750. The van der Waals surface area contributed by atoms with Crippen LogP contribution in [0.3, 0.4) is 0 Å². The number of Topliss-reactive ketones (excluding diaryl/α,β-unsaturated/α-hetero) is 1. The largest absolute Gasteiger partial charge is 0.466 e. The van der Waals surface area contributed by atoms with Gasteiger partial charge in [-0.15, -0.1) is 0 Å². The quantitative estimate of drug-likeness (QED) is 0.666. The third-order valence-electron chi connectivity index (χ3n) is 3.22. The Bertz CT molecular complexity index is 341. The lowest BCUT2D eigenvalue weighted by Gasteiger charge is -2.29. The van der Waals surface area contributed by atoms with Crippen molar-refractivity contribution in [2.75, 3.05) is 7.11 Å². The summed E-state index contributed by atoms with van der Waals surface area (Å²) in [5, 5.41) is 0. The van der Waals surface area contributed by atoms with Gasteiger partial charge in [0.1, 0.15) is 5.76 Å². The van der Waals surface area contributed by atoms with Crippen LogP contribution in [0.25, 0.3) is 0 Å². The van der Waals surface area contributed by atoms with E-state index in [0.717, 1.165) is 17.8 Å². The first-order chi connectivity index (χ1) is 6.85. The van der Waals surface area contributed by atoms with Gasteiger partial charge in [-0.3, -0.25) is 4.79 Å². The molecule has 15 heavy (non-hydrogen) atoms. The normalized spacial score (nSPS) is 34.0. The van der Waals surface area contributed by atoms with Crippen LogP contribution in [0.5, 0.6) is 0 Å². The number of hydrogen-bond acceptors (Lipinski definition) is 3. The predicted molar refractivity (Wildman–Crippen MR) is 56.2 cm³/mol. The van der Waals surface area contributed by atoms with Gasteiger partial charge in [-0.1, -0.05) is 13.8 Å². The second-order valence-electron chi connectivity index (χ2n) is 5.46. The van der Waals surface area contributed by atoms with Gasteiger partial charge >= 0.3 is 0 Å². The smallest absolute Gasteiger partial charge is 0.211 e. The average molecular weight is 210 g/mol. The molecule has 0 saturated heterocycles. The fourth-order valence-corrected chi connectivity index (χ4v) is 2.33. The Hall–Kier alpha value is -0.830. The topological polar surface area (TPSA) is 35.5 Å². The van der Waals surface area contributed by atoms with Gasteiger partial charge in [0.2, 0.25) is 5.79 Å². The Morgan fingerprint density at radius 1 is 1.20 bits per heavy atom. The highest BCUT2D eigenvalue weighted by Crippen LogP contribution is 2.46. The Balaban J connectivity index is 2.26. The van der Waals surface area contributed by atoms with Crippen molar-refractivity contribution >= 4 is 5.78 Å². The molecular formula is C12H18O3. The minimum Gasteiger partial charge on any atom is -0.466 e. The zero-order valence-electron chi connectivity index (χ0n) is 9.85. The number of methoxy groups -OCH3 is 1. The van der Waals surface area contributed by atoms with E-state index in [1.54, 1.807) is 7.11 Å². The Kier molecular flexibility index (Phi) is 2.19. The van der Waals surface area contributed by atoms with Crippen LogP contribution < -0.4 is 0 Å². The van der Waals surface area contributed by atoms with E-state index in [4.69, 9.17) is 9.47 Å². The number of ether oxygens (including phenoxy) is 2. The van der Waals surface area contributed by atoms with E-state index in [9.17, 15) is 4.79 Å². The molecule has 3 nitrogen and oxygen atoms in total. The maximum atomic E-state index is 11.9. The van der Waals surface area contributed by atoms with Crippen LogP contribution >= 0.6 is 0 Å². The summed E-state index contributed by atoms with van der Waals surface area (Å²) in [7, 11) is 1.62. The average Bonchev–Trinajstić information content (AvgIpc) is 2.41. The Morgan fingerprint density at radius 3 is 2.47 bits per heavy atom. The standard InChI is InChI=1S/C12H18O3/c1-11(2)6-9(13)8-5-12(3,14-4)15-10(8)7-11/h5-7H2,1-4H3. The predicted octanol–water partition coefficient (Wildman–Crippen LogP) is 2.41. The number of ketones is 1. The Labute approximate surface area is 90.4 Å². The first kappa shape index (κ1) is 10.7. The molecule has 0 bridgehead atoms. The molecule has 2 aliphatic rings. The second-order valence-corrected chi connectivity index (χ2v) is 5.46. The number of rotatable bonds is 1. The van der Waals surface area contributed by atoms with Crippen molar-refractivity contribution in [1.82, 2.24) is 0 Å². The molecule has 0 saturated carbocycles. The SMILES string of the molecule is COC1(C)CC2=C(CC(C)(C)CC2=O)O1. The van der Waals surface area contributed by atoms with Crippen molar-refractivity contribution in [1.29, 1.82) is 0 Å². The van der Waals surface area contributed by atoms with Crippen LogP contribution in [0.2, 0.25) is 0 Å². The number of carbonyl (C=O) groups excluding carboxylic acids is 1. The van der Waals surface area contributed by atoms with Gasteiger partial charge in [-0.25, -0.2) is 0 Å². The lowest BCUT2D eigenvalue weighted by atomic mass is 9.76. The zero-order valence-corrected chi connectivity index (χ0v) is 9.85. The minimum absolute atomic E-state index is 0.0227. The van der Waals surface area contributed by atoms with Gasteiger partial charge in [0.05, 0.1) is 0 Å². The molecule has 1 aliphatic carbocycles. The minimum atomic E-state index is -0.624. The summed E-state index contributed by atoms with van der Waals surface area (Å²) in [6.07, 6.45) is 2.05. The Morgan fingerprint density at radius 2 is 1.87 bits per heavy atom. The molecule has 1 unspecified atom stereocenters. The monoisotopic (exact) mass is 210 g/mol. The maximum absolute atomic E-state index is 11.9. The van der Waals surface area contributed by atoms with E-state index in [0.29, 0.717) is 12.8 Å². The van der Waals surface area contributed by atoms with Gasteiger partial charge < -0.3 is 9.47 Å². The molecule has 0 aromatic carbocycles. The summed E-state index contributed by atoms with van der Waals surface area (Å²) in [4.78, 5) is 11.9. The molecule has 0 aromatic rings. The molecule has 84 valence electrons. The van der Waals surface area contributed by atoms with Gasteiger partial charge in [0.25, 0.3) is 0 Å². The first-order valence-electron chi connectivity index (χ1n) is 5.35. The maximum Gasteiger partial charge on any atom is 0.211 e. The number of hydrogen-bond donors (Lipinski definition) is 0. The third kappa shape index (κ3) is 1.81. The lowest BCUT2D eigenvalue weighted by Crippen LogP contribution is -2.26. The fourth-order valence-electron chi connectivity index (χ4n) is 2.33. The highest BCUT2D eigenvalue weighted by molar-refractivity contribution is 5.97. The molecular weight excluding hydrogens is 192 g/mol. The first-order valence-corrected chi connectivity index (χ1v) is 5.35. The van der Waals surface area contributed by atoms with Crippen molar-refractivity contribution in [2.24, 2.45) is 5.41 Å². The zero-order chi connectivity index (χ0) is 11.3. The van der Waals surface area contributed by atoms with Crippen molar-refractivity contribution in [3.05, 3.63) is 11.3 Å². The highest BCUT2D eigenvalue weighted by Gasteiger charge is 2.44. The van der Waals surface area contributed by atoms with Crippen LogP contribution in [0, 0.1) is 5.41 Å². The van der Waals surface area contributed by atoms with Crippen molar-refractivity contribution in [2.45, 2.75) is 45.8 Å². The molecule has 0 spiro atoms. The lowest BCUT2D eigenvalue weighted by molar-refractivity contribution is -0.172. The van der Waals surface area contributed by atoms with Crippen LogP contribution in [-0.2, 0) is 14.3 Å². The summed E-state index contributed by atoms with van der Waals surface area (Å²) in [5.41, 5.74) is 0.869. The molecule has 3 heteroatoms.